The quantitative estimate of drug-likeness (QED) is 0.672. The molecule has 0 aromatic carbocycles. The van der Waals surface area contributed by atoms with Crippen molar-refractivity contribution in [3.63, 3.8) is 0 Å². The van der Waals surface area contributed by atoms with Crippen LogP contribution in [-0.2, 0) is 0 Å². The van der Waals surface area contributed by atoms with E-state index in [1.807, 2.05) is 0 Å². The van der Waals surface area contributed by atoms with Gasteiger partial charge in [-0.3, -0.25) is 0 Å². The number of rotatable bonds is 2. The van der Waals surface area contributed by atoms with Crippen molar-refractivity contribution >= 4 is 11.8 Å². The summed E-state index contributed by atoms with van der Waals surface area (Å²) in [6.45, 7) is 5.14. The molecule has 2 aliphatic heterocycles. The molecule has 0 amide bonds. The highest BCUT2D eigenvalue weighted by atomic mass is 32.2. The van der Waals surface area contributed by atoms with E-state index in [4.69, 9.17) is 0 Å². The van der Waals surface area contributed by atoms with Crippen LogP contribution in [0.2, 0.25) is 0 Å². The van der Waals surface area contributed by atoms with Gasteiger partial charge in [-0.2, -0.15) is 11.8 Å². The summed E-state index contributed by atoms with van der Waals surface area (Å²) in [5, 5.41) is 0.997. The molecule has 3 unspecified atom stereocenters. The van der Waals surface area contributed by atoms with Crippen molar-refractivity contribution < 1.29 is 0 Å². The highest BCUT2D eigenvalue weighted by molar-refractivity contribution is 8.01. The van der Waals surface area contributed by atoms with Crippen molar-refractivity contribution in [1.29, 1.82) is 0 Å². The number of likely N-dealkylation sites (tertiary alicyclic amines) is 1. The summed E-state index contributed by atoms with van der Waals surface area (Å²) in [5.41, 5.74) is 0. The first-order valence-corrected chi connectivity index (χ1v) is 6.62. The molecule has 0 N–H and O–H groups in total. The largest absolute Gasteiger partial charge is 0.306 e. The van der Waals surface area contributed by atoms with Gasteiger partial charge in [-0.1, -0.05) is 6.92 Å². The molecule has 76 valence electrons. The number of hydrogen-bond donors (Lipinski definition) is 0. The molecular weight excluding hydrogens is 178 g/mol. The van der Waals surface area contributed by atoms with Gasteiger partial charge in [-0.25, -0.2) is 0 Å². The lowest BCUT2D eigenvalue weighted by Gasteiger charge is -2.40. The van der Waals surface area contributed by atoms with Crippen molar-refractivity contribution in [3.05, 3.63) is 0 Å². The Kier molecular flexibility index (Phi) is 3.20. The van der Waals surface area contributed by atoms with Crippen LogP contribution in [0, 0.1) is 11.8 Å². The van der Waals surface area contributed by atoms with Crippen LogP contribution in [-0.4, -0.2) is 36.0 Å². The Hall–Kier alpha value is 0.310. The van der Waals surface area contributed by atoms with Gasteiger partial charge in [-0.15, -0.1) is 0 Å². The SMILES string of the molecule is CC(C1CCCN(C)C1)C1CCS1. The van der Waals surface area contributed by atoms with Gasteiger partial charge in [0.1, 0.15) is 0 Å². The molecule has 0 aromatic rings. The molecule has 2 rings (SSSR count). The lowest BCUT2D eigenvalue weighted by atomic mass is 9.83. The Morgan fingerprint density at radius 3 is 2.69 bits per heavy atom. The van der Waals surface area contributed by atoms with Gasteiger partial charge in [-0.05, 0) is 50.4 Å². The second kappa shape index (κ2) is 4.22. The average molecular weight is 199 g/mol. The molecule has 2 aliphatic rings. The second-order valence-electron chi connectivity index (χ2n) is 4.72. The third-order valence-corrected chi connectivity index (χ3v) is 5.29. The Balaban J connectivity index is 1.83. The van der Waals surface area contributed by atoms with Crippen LogP contribution >= 0.6 is 11.8 Å². The van der Waals surface area contributed by atoms with E-state index in [0.717, 1.165) is 17.1 Å². The van der Waals surface area contributed by atoms with Crippen molar-refractivity contribution in [2.45, 2.75) is 31.4 Å². The molecule has 0 radical (unpaired) electrons. The second-order valence-corrected chi connectivity index (χ2v) is 6.07. The van der Waals surface area contributed by atoms with Gasteiger partial charge in [0, 0.05) is 11.8 Å². The monoisotopic (exact) mass is 199 g/mol. The normalized spacial score (nSPS) is 38.3. The summed E-state index contributed by atoms with van der Waals surface area (Å²) in [6.07, 6.45) is 4.37. The Bertz CT molecular complexity index is 167. The highest BCUT2D eigenvalue weighted by Crippen LogP contribution is 2.39. The fourth-order valence-electron chi connectivity index (χ4n) is 2.61. The fraction of sp³-hybridized carbons (Fsp3) is 1.00. The predicted octanol–water partition coefficient (Wildman–Crippen LogP) is 2.47. The lowest BCUT2D eigenvalue weighted by Crippen LogP contribution is -2.39. The van der Waals surface area contributed by atoms with E-state index < -0.39 is 0 Å². The minimum Gasteiger partial charge on any atom is -0.306 e. The van der Waals surface area contributed by atoms with Gasteiger partial charge in [0.05, 0.1) is 0 Å². The van der Waals surface area contributed by atoms with E-state index in [1.165, 1.54) is 38.1 Å². The van der Waals surface area contributed by atoms with E-state index >= 15 is 0 Å². The zero-order valence-electron chi connectivity index (χ0n) is 8.83. The summed E-state index contributed by atoms with van der Waals surface area (Å²) >= 11 is 2.19. The number of piperidine rings is 1. The van der Waals surface area contributed by atoms with E-state index in [1.54, 1.807) is 0 Å². The highest BCUT2D eigenvalue weighted by Gasteiger charge is 2.32. The van der Waals surface area contributed by atoms with Gasteiger partial charge < -0.3 is 4.90 Å². The van der Waals surface area contributed by atoms with Crippen LogP contribution in [0.1, 0.15) is 26.2 Å². The van der Waals surface area contributed by atoms with Crippen LogP contribution in [0.25, 0.3) is 0 Å². The molecule has 0 aliphatic carbocycles. The molecular formula is C11H21NS. The maximum atomic E-state index is 2.51. The van der Waals surface area contributed by atoms with Crippen molar-refractivity contribution in [2.24, 2.45) is 11.8 Å². The number of thioether (sulfide) groups is 1. The van der Waals surface area contributed by atoms with Crippen LogP contribution in [0.5, 0.6) is 0 Å². The summed E-state index contributed by atoms with van der Waals surface area (Å²) in [5.74, 6) is 3.36. The third kappa shape index (κ3) is 2.21. The first kappa shape index (κ1) is 9.85. The Morgan fingerprint density at radius 1 is 1.38 bits per heavy atom. The summed E-state index contributed by atoms with van der Waals surface area (Å²) in [7, 11) is 2.27. The molecule has 2 heteroatoms. The van der Waals surface area contributed by atoms with Crippen molar-refractivity contribution in [1.82, 2.24) is 4.90 Å². The van der Waals surface area contributed by atoms with Crippen LogP contribution in [0.3, 0.4) is 0 Å². The predicted molar refractivity (Wildman–Crippen MR) is 60.2 cm³/mol. The van der Waals surface area contributed by atoms with E-state index in [-0.39, 0.29) is 0 Å². The average Bonchev–Trinajstić information content (AvgIpc) is 2.01. The van der Waals surface area contributed by atoms with E-state index in [9.17, 15) is 0 Å². The minimum atomic E-state index is 0.960. The molecule has 2 heterocycles. The van der Waals surface area contributed by atoms with E-state index in [0.29, 0.717) is 0 Å². The molecule has 3 atom stereocenters. The van der Waals surface area contributed by atoms with Gasteiger partial charge in [0.15, 0.2) is 0 Å². The molecule has 0 spiro atoms. The molecule has 2 saturated heterocycles. The lowest BCUT2D eigenvalue weighted by molar-refractivity contribution is 0.162. The van der Waals surface area contributed by atoms with Crippen LogP contribution < -0.4 is 0 Å². The van der Waals surface area contributed by atoms with Gasteiger partial charge in [0.25, 0.3) is 0 Å². The number of nitrogens with zero attached hydrogens (tertiary/aromatic N) is 1. The maximum absolute atomic E-state index is 2.51. The fourth-order valence-corrected chi connectivity index (χ4v) is 3.64. The molecule has 13 heavy (non-hydrogen) atoms. The first-order valence-electron chi connectivity index (χ1n) is 5.57. The maximum Gasteiger partial charge on any atom is 0.00836 e. The van der Waals surface area contributed by atoms with Crippen LogP contribution in [0.15, 0.2) is 0 Å². The topological polar surface area (TPSA) is 3.24 Å². The summed E-state index contributed by atoms with van der Waals surface area (Å²) in [6, 6.07) is 0. The zero-order valence-corrected chi connectivity index (χ0v) is 9.65. The smallest absolute Gasteiger partial charge is 0.00836 e. The van der Waals surface area contributed by atoms with E-state index in [2.05, 4.69) is 30.6 Å². The summed E-state index contributed by atoms with van der Waals surface area (Å²) < 4.78 is 0. The summed E-state index contributed by atoms with van der Waals surface area (Å²) in [4.78, 5) is 2.51. The molecule has 0 bridgehead atoms. The van der Waals surface area contributed by atoms with Crippen molar-refractivity contribution in [2.75, 3.05) is 25.9 Å². The molecule has 0 saturated carbocycles. The number of hydrogen-bond acceptors (Lipinski definition) is 2. The third-order valence-electron chi connectivity index (χ3n) is 3.73. The van der Waals surface area contributed by atoms with Gasteiger partial charge in [0.2, 0.25) is 0 Å². The zero-order chi connectivity index (χ0) is 9.26. The van der Waals surface area contributed by atoms with Crippen molar-refractivity contribution in [3.8, 4) is 0 Å². The molecule has 0 aromatic heterocycles. The van der Waals surface area contributed by atoms with Gasteiger partial charge >= 0.3 is 0 Å². The van der Waals surface area contributed by atoms with Crippen LogP contribution in [0.4, 0.5) is 0 Å². The first-order chi connectivity index (χ1) is 6.27. The Labute approximate surface area is 86.3 Å². The standard InChI is InChI=1S/C11H21NS/c1-9(11-5-7-13-11)10-4-3-6-12(2)8-10/h9-11H,3-8H2,1-2H3. The molecule has 1 nitrogen and oxygen atoms in total. The minimum absolute atomic E-state index is 0.960. The molecule has 2 fully saturated rings. The Morgan fingerprint density at radius 2 is 2.15 bits per heavy atom.